The van der Waals surface area contributed by atoms with Gasteiger partial charge in [-0.25, -0.2) is 0 Å². The second-order valence-corrected chi connectivity index (χ2v) is 9.47. The predicted octanol–water partition coefficient (Wildman–Crippen LogP) is 5.10. The minimum absolute atomic E-state index is 0.00688. The van der Waals surface area contributed by atoms with Crippen LogP contribution in [0.25, 0.3) is 5.76 Å². The van der Waals surface area contributed by atoms with Gasteiger partial charge < -0.3 is 28.6 Å². The minimum Gasteiger partial charge on any atom is -0.507 e. The number of hydrogen-bond donors (Lipinski definition) is 1. The van der Waals surface area contributed by atoms with Crippen LogP contribution in [-0.4, -0.2) is 41.5 Å². The van der Waals surface area contributed by atoms with Gasteiger partial charge in [0.2, 0.25) is 0 Å². The van der Waals surface area contributed by atoms with Crippen molar-refractivity contribution in [2.45, 2.75) is 32.9 Å². The van der Waals surface area contributed by atoms with Gasteiger partial charge >= 0.3 is 0 Å². The largest absolute Gasteiger partial charge is 0.507 e. The van der Waals surface area contributed by atoms with E-state index in [1.165, 1.54) is 11.2 Å². The van der Waals surface area contributed by atoms with Gasteiger partial charge in [-0.2, -0.15) is 0 Å². The van der Waals surface area contributed by atoms with Crippen molar-refractivity contribution in [2.24, 2.45) is 5.92 Å². The molecule has 2 aliphatic rings. The molecular formula is C29H29NO7. The molecule has 3 aromatic rings. The molecule has 5 rings (SSSR count). The highest BCUT2D eigenvalue weighted by atomic mass is 16.6. The van der Waals surface area contributed by atoms with Gasteiger partial charge in [-0.1, -0.05) is 26.0 Å². The summed E-state index contributed by atoms with van der Waals surface area (Å²) >= 11 is 0. The Kier molecular flexibility index (Phi) is 6.90. The Bertz CT molecular complexity index is 1330. The summed E-state index contributed by atoms with van der Waals surface area (Å²) in [5.41, 5.74) is 0.994. The number of carbonyl (C=O) groups is 2. The van der Waals surface area contributed by atoms with Crippen molar-refractivity contribution < 1.29 is 33.3 Å². The van der Waals surface area contributed by atoms with E-state index in [-0.39, 0.29) is 17.9 Å². The zero-order valence-electron chi connectivity index (χ0n) is 20.8. The van der Waals surface area contributed by atoms with Crippen LogP contribution in [0.3, 0.4) is 0 Å². The summed E-state index contributed by atoms with van der Waals surface area (Å²) in [6.45, 7) is 5.68. The molecule has 1 atom stereocenters. The molecule has 0 bridgehead atoms. The van der Waals surface area contributed by atoms with Crippen molar-refractivity contribution >= 4 is 17.4 Å². The molecule has 0 aliphatic carbocycles. The molecule has 0 saturated carbocycles. The Morgan fingerprint density at radius 2 is 1.86 bits per heavy atom. The summed E-state index contributed by atoms with van der Waals surface area (Å²) in [4.78, 5) is 28.0. The van der Waals surface area contributed by atoms with Crippen LogP contribution in [0.2, 0.25) is 0 Å². The monoisotopic (exact) mass is 503 g/mol. The molecule has 3 heterocycles. The number of ketones is 1. The van der Waals surface area contributed by atoms with E-state index in [4.69, 9.17) is 18.6 Å². The summed E-state index contributed by atoms with van der Waals surface area (Å²) < 4.78 is 22.6. The number of fused-ring (bicyclic) bond motifs is 1. The van der Waals surface area contributed by atoms with Crippen molar-refractivity contribution in [1.29, 1.82) is 0 Å². The maximum Gasteiger partial charge on any atom is 0.296 e. The molecule has 1 fully saturated rings. The number of Topliss-reactive ketones (excluding diaryl/α,β-unsaturated/α-hetero) is 1. The molecule has 0 unspecified atom stereocenters. The van der Waals surface area contributed by atoms with Gasteiger partial charge in [-0.05, 0) is 60.4 Å². The first-order chi connectivity index (χ1) is 17.9. The Morgan fingerprint density at radius 3 is 2.62 bits per heavy atom. The van der Waals surface area contributed by atoms with Gasteiger partial charge in [0.25, 0.3) is 11.7 Å². The van der Waals surface area contributed by atoms with E-state index in [9.17, 15) is 14.7 Å². The third-order valence-electron chi connectivity index (χ3n) is 6.40. The predicted molar refractivity (Wildman–Crippen MR) is 135 cm³/mol. The zero-order chi connectivity index (χ0) is 25.9. The number of furan rings is 1. The Morgan fingerprint density at radius 1 is 1.05 bits per heavy atom. The van der Waals surface area contributed by atoms with Gasteiger partial charge in [0, 0.05) is 5.56 Å². The van der Waals surface area contributed by atoms with E-state index in [2.05, 4.69) is 13.8 Å². The van der Waals surface area contributed by atoms with Crippen LogP contribution in [0.1, 0.15) is 43.2 Å². The smallest absolute Gasteiger partial charge is 0.296 e. The first kappa shape index (κ1) is 24.5. The van der Waals surface area contributed by atoms with Gasteiger partial charge in [0.15, 0.2) is 11.5 Å². The van der Waals surface area contributed by atoms with Crippen LogP contribution in [0.4, 0.5) is 0 Å². The molecule has 1 saturated heterocycles. The number of carbonyl (C=O) groups excluding carboxylic acids is 2. The quantitative estimate of drug-likeness (QED) is 0.259. The van der Waals surface area contributed by atoms with E-state index in [1.807, 2.05) is 24.3 Å². The molecule has 1 aromatic heterocycles. The van der Waals surface area contributed by atoms with E-state index in [1.54, 1.807) is 30.3 Å². The van der Waals surface area contributed by atoms with Crippen LogP contribution in [0.15, 0.2) is 70.9 Å². The lowest BCUT2D eigenvalue weighted by molar-refractivity contribution is -0.140. The lowest BCUT2D eigenvalue weighted by Crippen LogP contribution is -2.29. The van der Waals surface area contributed by atoms with Crippen molar-refractivity contribution in [3.05, 3.63) is 83.3 Å². The van der Waals surface area contributed by atoms with E-state index < -0.39 is 17.7 Å². The first-order valence-corrected chi connectivity index (χ1v) is 12.4. The number of ether oxygens (including phenoxy) is 3. The molecule has 0 radical (unpaired) electrons. The fraction of sp³-hybridized carbons (Fsp3) is 0.310. The van der Waals surface area contributed by atoms with Crippen LogP contribution in [0, 0.1) is 5.92 Å². The molecule has 1 N–H and O–H groups in total. The van der Waals surface area contributed by atoms with E-state index in [0.717, 1.165) is 6.42 Å². The van der Waals surface area contributed by atoms with Crippen LogP contribution in [-0.2, 0) is 16.1 Å². The van der Waals surface area contributed by atoms with Gasteiger partial charge in [0.1, 0.15) is 30.5 Å². The Hall–Kier alpha value is -4.20. The summed E-state index contributed by atoms with van der Waals surface area (Å²) in [6.07, 6.45) is 2.41. The van der Waals surface area contributed by atoms with E-state index in [0.29, 0.717) is 59.9 Å². The molecule has 1 amide bonds. The standard InChI is InChI=1S/C29H29NO7/c1-18(2)10-12-35-21-6-3-5-19(15-21)26-25(28(32)29(33)30(26)17-22-7-4-11-34-22)27(31)20-8-9-23-24(16-20)37-14-13-36-23/h3-9,11,15-16,18,26,31H,10,12-14,17H2,1-2H3/t26-/m0/s1. The molecule has 8 nitrogen and oxygen atoms in total. The van der Waals surface area contributed by atoms with Crippen molar-refractivity contribution in [1.82, 2.24) is 4.90 Å². The molecule has 37 heavy (non-hydrogen) atoms. The summed E-state index contributed by atoms with van der Waals surface area (Å²) in [5.74, 6) is 0.905. The number of aliphatic hydroxyl groups is 1. The summed E-state index contributed by atoms with van der Waals surface area (Å²) in [5, 5.41) is 11.4. The fourth-order valence-electron chi connectivity index (χ4n) is 4.49. The number of rotatable bonds is 8. The summed E-state index contributed by atoms with van der Waals surface area (Å²) in [6, 6.07) is 14.8. The third-order valence-corrected chi connectivity index (χ3v) is 6.40. The fourth-order valence-corrected chi connectivity index (χ4v) is 4.49. The second-order valence-electron chi connectivity index (χ2n) is 9.47. The Labute approximate surface area is 215 Å². The van der Waals surface area contributed by atoms with Crippen molar-refractivity contribution in [3.63, 3.8) is 0 Å². The second kappa shape index (κ2) is 10.4. The lowest BCUT2D eigenvalue weighted by Gasteiger charge is -2.25. The van der Waals surface area contributed by atoms with Crippen molar-refractivity contribution in [2.75, 3.05) is 19.8 Å². The average Bonchev–Trinajstić information content (AvgIpc) is 3.50. The number of amides is 1. The zero-order valence-corrected chi connectivity index (χ0v) is 20.8. The van der Waals surface area contributed by atoms with Crippen LogP contribution >= 0.6 is 0 Å². The maximum absolute atomic E-state index is 13.3. The topological polar surface area (TPSA) is 98.4 Å². The first-order valence-electron chi connectivity index (χ1n) is 12.4. The number of aliphatic hydroxyl groups excluding tert-OH is 1. The average molecular weight is 504 g/mol. The minimum atomic E-state index is -0.841. The number of nitrogens with zero attached hydrogens (tertiary/aromatic N) is 1. The van der Waals surface area contributed by atoms with Crippen molar-refractivity contribution in [3.8, 4) is 17.2 Å². The molecule has 2 aliphatic heterocycles. The van der Waals surface area contributed by atoms with Gasteiger partial charge in [-0.15, -0.1) is 0 Å². The SMILES string of the molecule is CC(C)CCOc1cccc([C@H]2C(=C(O)c3ccc4c(c3)OCCO4)C(=O)C(=O)N2Cc2ccco2)c1. The lowest BCUT2D eigenvalue weighted by atomic mass is 9.95. The normalized spacial score (nSPS) is 18.5. The third kappa shape index (κ3) is 5.05. The van der Waals surface area contributed by atoms with E-state index >= 15 is 0 Å². The molecule has 192 valence electrons. The molecule has 2 aromatic carbocycles. The van der Waals surface area contributed by atoms with Crippen LogP contribution < -0.4 is 14.2 Å². The summed E-state index contributed by atoms with van der Waals surface area (Å²) in [7, 11) is 0. The molecule has 8 heteroatoms. The Balaban J connectivity index is 1.57. The van der Waals surface area contributed by atoms with Gasteiger partial charge in [-0.3, -0.25) is 9.59 Å². The van der Waals surface area contributed by atoms with Crippen LogP contribution in [0.5, 0.6) is 17.2 Å². The number of hydrogen-bond acceptors (Lipinski definition) is 7. The highest BCUT2D eigenvalue weighted by Crippen LogP contribution is 2.42. The highest BCUT2D eigenvalue weighted by molar-refractivity contribution is 6.46. The number of benzene rings is 2. The molecular weight excluding hydrogens is 474 g/mol. The number of likely N-dealkylation sites (tertiary alicyclic amines) is 1. The maximum atomic E-state index is 13.3. The highest BCUT2D eigenvalue weighted by Gasteiger charge is 2.46. The molecule has 0 spiro atoms. The van der Waals surface area contributed by atoms with Gasteiger partial charge in [0.05, 0.1) is 31.0 Å².